The summed E-state index contributed by atoms with van der Waals surface area (Å²) >= 11 is 3.42. The van der Waals surface area contributed by atoms with Gasteiger partial charge < -0.3 is 5.32 Å². The molecule has 106 valence electrons. The van der Waals surface area contributed by atoms with Crippen molar-refractivity contribution in [3.8, 4) is 0 Å². The number of hydrogen-bond acceptors (Lipinski definition) is 1. The lowest BCUT2D eigenvalue weighted by atomic mass is 9.87. The highest BCUT2D eigenvalue weighted by molar-refractivity contribution is 9.10. The van der Waals surface area contributed by atoms with E-state index in [9.17, 15) is 4.39 Å². The molecule has 1 aliphatic rings. The van der Waals surface area contributed by atoms with Crippen LogP contribution in [0.15, 0.2) is 22.7 Å². The van der Waals surface area contributed by atoms with Crippen molar-refractivity contribution in [3.63, 3.8) is 0 Å². The van der Waals surface area contributed by atoms with Gasteiger partial charge in [0.1, 0.15) is 5.82 Å². The van der Waals surface area contributed by atoms with E-state index < -0.39 is 0 Å². The Morgan fingerprint density at radius 3 is 2.58 bits per heavy atom. The first-order chi connectivity index (χ1) is 9.24. The summed E-state index contributed by atoms with van der Waals surface area (Å²) in [6, 6.07) is 5.65. The van der Waals surface area contributed by atoms with Crippen molar-refractivity contribution in [1.82, 2.24) is 5.32 Å². The predicted molar refractivity (Wildman–Crippen MR) is 81.7 cm³/mol. The Bertz CT molecular complexity index is 400. The second-order valence-corrected chi connectivity index (χ2v) is 6.22. The molecule has 1 N–H and O–H groups in total. The molecule has 3 heteroatoms. The van der Waals surface area contributed by atoms with Crippen LogP contribution in [0.5, 0.6) is 0 Å². The second-order valence-electron chi connectivity index (χ2n) is 5.43. The topological polar surface area (TPSA) is 12.0 Å². The van der Waals surface area contributed by atoms with E-state index in [4.69, 9.17) is 0 Å². The summed E-state index contributed by atoms with van der Waals surface area (Å²) in [6.45, 7) is 3.04. The Morgan fingerprint density at radius 1 is 1.26 bits per heavy atom. The summed E-state index contributed by atoms with van der Waals surface area (Å²) in [5.74, 6) is 0.467. The van der Waals surface area contributed by atoms with Crippen LogP contribution in [-0.4, -0.2) is 6.54 Å². The molecule has 1 fully saturated rings. The lowest BCUT2D eigenvalue weighted by Crippen LogP contribution is -2.28. The second kappa shape index (κ2) is 7.39. The fraction of sp³-hybridized carbons (Fsp3) is 0.625. The molecule has 1 aromatic rings. The smallest absolute Gasteiger partial charge is 0.137 e. The fourth-order valence-corrected chi connectivity index (χ4v) is 3.67. The molecule has 1 atom stereocenters. The first-order valence-electron chi connectivity index (χ1n) is 7.41. The summed E-state index contributed by atoms with van der Waals surface area (Å²) in [5, 5.41) is 3.57. The molecule has 0 amide bonds. The van der Waals surface area contributed by atoms with Crippen molar-refractivity contribution in [2.24, 2.45) is 5.92 Å². The van der Waals surface area contributed by atoms with Gasteiger partial charge in [-0.15, -0.1) is 0 Å². The molecule has 19 heavy (non-hydrogen) atoms. The molecule has 0 heterocycles. The lowest BCUT2D eigenvalue weighted by Gasteiger charge is -2.28. The van der Waals surface area contributed by atoms with Gasteiger partial charge in [0.05, 0.1) is 4.47 Å². The van der Waals surface area contributed by atoms with Crippen LogP contribution in [0.3, 0.4) is 0 Å². The standard InChI is InChI=1S/C16H23BrFN/c1-2-19-16(12-8-5-3-4-6-9-12)13-10-7-11-14(18)15(13)17/h7,10-12,16,19H,2-6,8-9H2,1H3. The molecule has 0 saturated heterocycles. The van der Waals surface area contributed by atoms with Crippen LogP contribution in [0.4, 0.5) is 4.39 Å². The van der Waals surface area contributed by atoms with Gasteiger partial charge >= 0.3 is 0 Å². The van der Waals surface area contributed by atoms with Gasteiger partial charge in [-0.25, -0.2) is 4.39 Å². The third kappa shape index (κ3) is 3.79. The van der Waals surface area contributed by atoms with Crippen LogP contribution in [-0.2, 0) is 0 Å². The Kier molecular flexibility index (Phi) is 5.83. The van der Waals surface area contributed by atoms with Crippen LogP contribution in [0.2, 0.25) is 0 Å². The van der Waals surface area contributed by atoms with Crippen molar-refractivity contribution in [1.29, 1.82) is 0 Å². The van der Waals surface area contributed by atoms with Gasteiger partial charge in [-0.1, -0.05) is 44.7 Å². The molecule has 0 bridgehead atoms. The van der Waals surface area contributed by atoms with E-state index in [1.165, 1.54) is 44.6 Å². The molecule has 1 saturated carbocycles. The average molecular weight is 328 g/mol. The molecule has 1 aliphatic carbocycles. The maximum Gasteiger partial charge on any atom is 0.137 e. The van der Waals surface area contributed by atoms with Crippen LogP contribution >= 0.6 is 15.9 Å². The van der Waals surface area contributed by atoms with E-state index >= 15 is 0 Å². The van der Waals surface area contributed by atoms with Gasteiger partial charge in [0.15, 0.2) is 0 Å². The maximum atomic E-state index is 13.8. The zero-order valence-corrected chi connectivity index (χ0v) is 13.2. The molecular weight excluding hydrogens is 305 g/mol. The number of benzene rings is 1. The van der Waals surface area contributed by atoms with Crippen molar-refractivity contribution >= 4 is 15.9 Å². The molecule has 0 aromatic heterocycles. The van der Waals surface area contributed by atoms with Crippen LogP contribution in [0, 0.1) is 11.7 Å². The van der Waals surface area contributed by atoms with Gasteiger partial charge in [0.25, 0.3) is 0 Å². The molecule has 2 rings (SSSR count). The first-order valence-corrected chi connectivity index (χ1v) is 8.20. The Labute approximate surface area is 124 Å². The van der Waals surface area contributed by atoms with Crippen LogP contribution in [0.25, 0.3) is 0 Å². The minimum atomic E-state index is -0.158. The average Bonchev–Trinajstić information content (AvgIpc) is 2.68. The van der Waals surface area contributed by atoms with Gasteiger partial charge in [0, 0.05) is 6.04 Å². The summed E-state index contributed by atoms with van der Waals surface area (Å²) in [5.41, 5.74) is 1.08. The summed E-state index contributed by atoms with van der Waals surface area (Å²) in [4.78, 5) is 0. The molecular formula is C16H23BrFN. The third-order valence-electron chi connectivity index (χ3n) is 4.11. The monoisotopic (exact) mass is 327 g/mol. The predicted octanol–water partition coefficient (Wildman–Crippen LogP) is 5.21. The van der Waals surface area contributed by atoms with Gasteiger partial charge in [0.2, 0.25) is 0 Å². The molecule has 0 aliphatic heterocycles. The van der Waals surface area contributed by atoms with Crippen molar-refractivity contribution < 1.29 is 4.39 Å². The quantitative estimate of drug-likeness (QED) is 0.748. The van der Waals surface area contributed by atoms with E-state index in [1.807, 2.05) is 12.1 Å². The van der Waals surface area contributed by atoms with E-state index in [2.05, 4.69) is 28.2 Å². The van der Waals surface area contributed by atoms with Gasteiger partial charge in [-0.2, -0.15) is 0 Å². The minimum Gasteiger partial charge on any atom is -0.310 e. The van der Waals surface area contributed by atoms with Crippen molar-refractivity contribution in [2.45, 2.75) is 51.5 Å². The number of hydrogen-bond donors (Lipinski definition) is 1. The highest BCUT2D eigenvalue weighted by atomic mass is 79.9. The number of rotatable bonds is 4. The number of nitrogens with one attached hydrogen (secondary N) is 1. The first kappa shape index (κ1) is 15.0. The van der Waals surface area contributed by atoms with Gasteiger partial charge in [-0.3, -0.25) is 0 Å². The largest absolute Gasteiger partial charge is 0.310 e. The number of halogens is 2. The maximum absolute atomic E-state index is 13.8. The molecule has 0 spiro atoms. The van der Waals surface area contributed by atoms with Crippen LogP contribution in [0.1, 0.15) is 57.1 Å². The zero-order valence-electron chi connectivity index (χ0n) is 11.6. The molecule has 0 radical (unpaired) electrons. The SMILES string of the molecule is CCNC(c1cccc(F)c1Br)C1CCCCCC1. The van der Waals surface area contributed by atoms with E-state index in [-0.39, 0.29) is 11.9 Å². The minimum absolute atomic E-state index is 0.158. The van der Waals surface area contributed by atoms with E-state index in [1.54, 1.807) is 0 Å². The van der Waals surface area contributed by atoms with Crippen molar-refractivity contribution in [3.05, 3.63) is 34.1 Å². The van der Waals surface area contributed by atoms with Crippen LogP contribution < -0.4 is 5.32 Å². The Balaban J connectivity index is 2.25. The normalized spacial score (nSPS) is 19.1. The molecule has 1 aromatic carbocycles. The highest BCUT2D eigenvalue weighted by Gasteiger charge is 2.25. The Hall–Kier alpha value is -0.410. The third-order valence-corrected chi connectivity index (χ3v) is 4.95. The lowest BCUT2D eigenvalue weighted by molar-refractivity contribution is 0.328. The summed E-state index contributed by atoms with van der Waals surface area (Å²) in [6.07, 6.45) is 7.81. The zero-order chi connectivity index (χ0) is 13.7. The molecule has 1 unspecified atom stereocenters. The fourth-order valence-electron chi connectivity index (χ4n) is 3.16. The summed E-state index contributed by atoms with van der Waals surface area (Å²) in [7, 11) is 0. The molecule has 1 nitrogen and oxygen atoms in total. The van der Waals surface area contributed by atoms with E-state index in [0.717, 1.165) is 12.1 Å². The summed E-state index contributed by atoms with van der Waals surface area (Å²) < 4.78 is 14.4. The highest BCUT2D eigenvalue weighted by Crippen LogP contribution is 2.37. The van der Waals surface area contributed by atoms with Crippen molar-refractivity contribution in [2.75, 3.05) is 6.54 Å². The van der Waals surface area contributed by atoms with E-state index in [0.29, 0.717) is 10.4 Å². The Morgan fingerprint density at radius 2 is 1.95 bits per heavy atom. The van der Waals surface area contributed by atoms with Gasteiger partial charge in [-0.05, 0) is 52.9 Å².